The number of nitrogen functional groups attached to an aromatic ring is 1. The Bertz CT molecular complexity index is 595. The summed E-state index contributed by atoms with van der Waals surface area (Å²) in [6, 6.07) is 7.19. The predicted molar refractivity (Wildman–Crippen MR) is 61.9 cm³/mol. The van der Waals surface area contributed by atoms with E-state index >= 15 is 0 Å². The topological polar surface area (TPSA) is 58.9 Å². The highest BCUT2D eigenvalue weighted by Gasteiger charge is 2.04. The molecule has 2 aromatic rings. The van der Waals surface area contributed by atoms with Crippen LogP contribution in [-0.4, -0.2) is 4.98 Å². The standard InChI is InChI=1S/C11H8ClFN2O/c12-8-3-6(1-2-9(8)13)7-4-10(14)15-11(16)5-7/h1-5H,(H3,14,15,16). The summed E-state index contributed by atoms with van der Waals surface area (Å²) in [6.45, 7) is 0. The van der Waals surface area contributed by atoms with Crippen LogP contribution >= 0.6 is 11.6 Å². The third-order valence-corrected chi connectivity index (χ3v) is 2.41. The molecule has 3 N–H and O–H groups in total. The number of hydrogen-bond acceptors (Lipinski definition) is 2. The molecule has 3 nitrogen and oxygen atoms in total. The van der Waals surface area contributed by atoms with Crippen LogP contribution in [0, 0.1) is 5.82 Å². The molecule has 0 spiro atoms. The quantitative estimate of drug-likeness (QED) is 0.802. The number of aromatic nitrogens is 1. The van der Waals surface area contributed by atoms with Crippen LogP contribution in [0.1, 0.15) is 0 Å². The summed E-state index contributed by atoms with van der Waals surface area (Å²) in [7, 11) is 0. The van der Waals surface area contributed by atoms with Crippen molar-refractivity contribution in [3.63, 3.8) is 0 Å². The van der Waals surface area contributed by atoms with E-state index in [0.29, 0.717) is 11.1 Å². The molecule has 0 saturated heterocycles. The number of anilines is 1. The molecule has 0 aliphatic carbocycles. The summed E-state index contributed by atoms with van der Waals surface area (Å²) in [6.07, 6.45) is 0. The third kappa shape index (κ3) is 2.06. The maximum atomic E-state index is 12.9. The number of pyridine rings is 1. The second-order valence-corrected chi connectivity index (χ2v) is 3.72. The van der Waals surface area contributed by atoms with Gasteiger partial charge in [-0.1, -0.05) is 17.7 Å². The second kappa shape index (κ2) is 3.98. The van der Waals surface area contributed by atoms with Crippen molar-refractivity contribution >= 4 is 17.4 Å². The van der Waals surface area contributed by atoms with Crippen molar-refractivity contribution < 1.29 is 4.39 Å². The van der Waals surface area contributed by atoms with Gasteiger partial charge in [-0.05, 0) is 29.3 Å². The average molecular weight is 239 g/mol. The van der Waals surface area contributed by atoms with Crippen molar-refractivity contribution in [2.75, 3.05) is 5.73 Å². The summed E-state index contributed by atoms with van der Waals surface area (Å²) < 4.78 is 12.9. The van der Waals surface area contributed by atoms with E-state index in [1.54, 1.807) is 6.07 Å². The first-order chi connectivity index (χ1) is 7.56. The van der Waals surface area contributed by atoms with Crippen LogP contribution in [-0.2, 0) is 0 Å². The lowest BCUT2D eigenvalue weighted by Gasteiger charge is -2.03. The van der Waals surface area contributed by atoms with Crippen LogP contribution in [0.15, 0.2) is 35.1 Å². The Morgan fingerprint density at radius 1 is 1.19 bits per heavy atom. The highest BCUT2D eigenvalue weighted by Crippen LogP contribution is 2.24. The molecule has 0 atom stereocenters. The molecule has 0 aliphatic rings. The van der Waals surface area contributed by atoms with E-state index in [4.69, 9.17) is 17.3 Å². The summed E-state index contributed by atoms with van der Waals surface area (Å²) in [5, 5.41) is 0.0105. The lowest BCUT2D eigenvalue weighted by molar-refractivity contribution is 0.628. The van der Waals surface area contributed by atoms with Crippen molar-refractivity contribution in [1.29, 1.82) is 0 Å². The smallest absolute Gasteiger partial charge is 0.250 e. The Morgan fingerprint density at radius 3 is 2.56 bits per heavy atom. The number of halogens is 2. The molecule has 0 unspecified atom stereocenters. The second-order valence-electron chi connectivity index (χ2n) is 3.32. The fourth-order valence-electron chi connectivity index (χ4n) is 1.41. The molecule has 0 fully saturated rings. The third-order valence-electron chi connectivity index (χ3n) is 2.12. The Morgan fingerprint density at radius 2 is 1.94 bits per heavy atom. The SMILES string of the molecule is Nc1cc(-c2ccc(F)c(Cl)c2)cc(=O)[nH]1. The number of aromatic amines is 1. The fourth-order valence-corrected chi connectivity index (χ4v) is 1.59. The molecular weight excluding hydrogens is 231 g/mol. The van der Waals surface area contributed by atoms with Crippen molar-refractivity contribution in [3.05, 3.63) is 51.5 Å². The van der Waals surface area contributed by atoms with Crippen LogP contribution < -0.4 is 11.3 Å². The van der Waals surface area contributed by atoms with Gasteiger partial charge in [-0.15, -0.1) is 0 Å². The number of rotatable bonds is 1. The van der Waals surface area contributed by atoms with Crippen LogP contribution in [0.2, 0.25) is 5.02 Å². The van der Waals surface area contributed by atoms with Gasteiger partial charge in [0.05, 0.1) is 5.02 Å². The van der Waals surface area contributed by atoms with E-state index in [0.717, 1.165) is 0 Å². The number of nitrogens with two attached hydrogens (primary N) is 1. The lowest BCUT2D eigenvalue weighted by atomic mass is 10.1. The summed E-state index contributed by atoms with van der Waals surface area (Å²) in [5.41, 5.74) is 6.44. The van der Waals surface area contributed by atoms with E-state index in [2.05, 4.69) is 4.98 Å². The molecule has 82 valence electrons. The fraction of sp³-hybridized carbons (Fsp3) is 0. The Kier molecular flexibility index (Phi) is 2.66. The van der Waals surface area contributed by atoms with Gasteiger partial charge < -0.3 is 10.7 Å². The maximum Gasteiger partial charge on any atom is 0.250 e. The van der Waals surface area contributed by atoms with Crippen LogP contribution in [0.3, 0.4) is 0 Å². The molecule has 1 aromatic heterocycles. The minimum atomic E-state index is -0.497. The number of H-pyrrole nitrogens is 1. The number of hydrogen-bond donors (Lipinski definition) is 2. The van der Waals surface area contributed by atoms with E-state index in [1.807, 2.05) is 0 Å². The normalized spacial score (nSPS) is 10.4. The Hall–Kier alpha value is -1.81. The van der Waals surface area contributed by atoms with Gasteiger partial charge in [0.25, 0.3) is 0 Å². The first-order valence-corrected chi connectivity index (χ1v) is 4.89. The molecule has 16 heavy (non-hydrogen) atoms. The van der Waals surface area contributed by atoms with Gasteiger partial charge in [0, 0.05) is 6.07 Å². The van der Waals surface area contributed by atoms with Gasteiger partial charge in [-0.3, -0.25) is 4.79 Å². The van der Waals surface area contributed by atoms with Crippen LogP contribution in [0.5, 0.6) is 0 Å². The predicted octanol–water partition coefficient (Wildman–Crippen LogP) is 2.42. The zero-order chi connectivity index (χ0) is 11.7. The molecule has 1 heterocycles. The number of benzene rings is 1. The summed E-state index contributed by atoms with van der Waals surface area (Å²) in [5.74, 6) is -0.244. The highest BCUT2D eigenvalue weighted by molar-refractivity contribution is 6.31. The average Bonchev–Trinajstić information content (AvgIpc) is 2.20. The minimum absolute atomic E-state index is 0.0105. The Balaban J connectivity index is 2.58. The lowest BCUT2D eigenvalue weighted by Crippen LogP contribution is -2.07. The van der Waals surface area contributed by atoms with Gasteiger partial charge >= 0.3 is 0 Å². The monoisotopic (exact) mass is 238 g/mol. The largest absolute Gasteiger partial charge is 0.385 e. The summed E-state index contributed by atoms with van der Waals surface area (Å²) >= 11 is 5.65. The van der Waals surface area contributed by atoms with E-state index in [-0.39, 0.29) is 16.4 Å². The van der Waals surface area contributed by atoms with Gasteiger partial charge in [-0.25, -0.2) is 4.39 Å². The number of nitrogens with one attached hydrogen (secondary N) is 1. The minimum Gasteiger partial charge on any atom is -0.385 e. The molecule has 0 bridgehead atoms. The maximum absolute atomic E-state index is 12.9. The molecule has 0 radical (unpaired) electrons. The zero-order valence-corrected chi connectivity index (χ0v) is 8.88. The molecule has 2 rings (SSSR count). The van der Waals surface area contributed by atoms with Crippen molar-refractivity contribution in [3.8, 4) is 11.1 Å². The highest BCUT2D eigenvalue weighted by atomic mass is 35.5. The van der Waals surface area contributed by atoms with Crippen LogP contribution in [0.25, 0.3) is 11.1 Å². The first-order valence-electron chi connectivity index (χ1n) is 4.51. The molecule has 0 amide bonds. The van der Waals surface area contributed by atoms with Crippen molar-refractivity contribution in [2.24, 2.45) is 0 Å². The van der Waals surface area contributed by atoms with Gasteiger partial charge in [0.1, 0.15) is 11.6 Å². The molecular formula is C11H8ClFN2O. The van der Waals surface area contributed by atoms with Gasteiger partial charge in [0.15, 0.2) is 0 Å². The molecule has 0 aliphatic heterocycles. The van der Waals surface area contributed by atoms with E-state index in [9.17, 15) is 9.18 Å². The van der Waals surface area contributed by atoms with Crippen molar-refractivity contribution in [1.82, 2.24) is 4.98 Å². The van der Waals surface area contributed by atoms with E-state index < -0.39 is 5.82 Å². The Labute approximate surface area is 95.7 Å². The first kappa shape index (κ1) is 10.7. The zero-order valence-electron chi connectivity index (χ0n) is 8.13. The van der Waals surface area contributed by atoms with E-state index in [1.165, 1.54) is 24.3 Å². The van der Waals surface area contributed by atoms with Crippen LogP contribution in [0.4, 0.5) is 10.2 Å². The van der Waals surface area contributed by atoms with Crippen molar-refractivity contribution in [2.45, 2.75) is 0 Å². The molecule has 0 saturated carbocycles. The summed E-state index contributed by atoms with van der Waals surface area (Å²) in [4.78, 5) is 13.6. The molecule has 1 aromatic carbocycles. The van der Waals surface area contributed by atoms with Gasteiger partial charge in [-0.2, -0.15) is 0 Å². The van der Waals surface area contributed by atoms with Gasteiger partial charge in [0.2, 0.25) is 5.56 Å². The molecule has 5 heteroatoms.